The van der Waals surface area contributed by atoms with Crippen LogP contribution in [0.25, 0.3) is 0 Å². The minimum absolute atomic E-state index is 0.0816. The van der Waals surface area contributed by atoms with Crippen LogP contribution in [0.2, 0.25) is 0 Å². The summed E-state index contributed by atoms with van der Waals surface area (Å²) in [6.45, 7) is 7.90. The largest absolute Gasteiger partial charge is 0.396 e. The molecule has 0 saturated heterocycles. The van der Waals surface area contributed by atoms with Gasteiger partial charge in [-0.2, -0.15) is 0 Å². The van der Waals surface area contributed by atoms with E-state index in [2.05, 4.69) is 0 Å². The SMILES string of the molecule is CC(C)(N)CCCl.CC(C)(N)CCO. The van der Waals surface area contributed by atoms with E-state index in [0.717, 1.165) is 6.42 Å². The molecule has 0 radical (unpaired) electrons. The molecule has 0 fully saturated rings. The Kier molecular flexibility index (Phi) is 8.84. The van der Waals surface area contributed by atoms with Crippen LogP contribution in [-0.2, 0) is 0 Å². The summed E-state index contributed by atoms with van der Waals surface area (Å²) in [5.74, 6) is 0.656. The maximum Gasteiger partial charge on any atom is 0.0448 e. The van der Waals surface area contributed by atoms with Gasteiger partial charge in [0, 0.05) is 23.6 Å². The molecule has 14 heavy (non-hydrogen) atoms. The quantitative estimate of drug-likeness (QED) is 0.634. The van der Waals surface area contributed by atoms with Crippen molar-refractivity contribution in [2.45, 2.75) is 51.6 Å². The van der Waals surface area contributed by atoms with Gasteiger partial charge >= 0.3 is 0 Å². The van der Waals surface area contributed by atoms with Crippen LogP contribution in [0.4, 0.5) is 0 Å². The fourth-order valence-electron chi connectivity index (χ4n) is 0.532. The van der Waals surface area contributed by atoms with Crippen molar-refractivity contribution in [3.05, 3.63) is 0 Å². The van der Waals surface area contributed by atoms with Gasteiger partial charge in [-0.15, -0.1) is 11.6 Å². The summed E-state index contributed by atoms with van der Waals surface area (Å²) in [5.41, 5.74) is 10.8. The monoisotopic (exact) mass is 224 g/mol. The summed E-state index contributed by atoms with van der Waals surface area (Å²) in [5, 5.41) is 8.32. The average molecular weight is 225 g/mol. The molecule has 0 aromatic carbocycles. The fourth-order valence-corrected chi connectivity index (χ4v) is 1.02. The second-order valence-corrected chi connectivity index (χ2v) is 5.27. The molecule has 4 heteroatoms. The van der Waals surface area contributed by atoms with Gasteiger partial charge in [0.1, 0.15) is 0 Å². The van der Waals surface area contributed by atoms with Crippen molar-refractivity contribution in [3.8, 4) is 0 Å². The van der Waals surface area contributed by atoms with Crippen LogP contribution < -0.4 is 11.5 Å². The molecule has 0 bridgehead atoms. The van der Waals surface area contributed by atoms with Crippen molar-refractivity contribution in [1.82, 2.24) is 0 Å². The molecule has 0 aliphatic rings. The Labute approximate surface area is 92.8 Å². The molecule has 0 atom stereocenters. The van der Waals surface area contributed by atoms with Crippen LogP contribution in [0.3, 0.4) is 0 Å². The van der Waals surface area contributed by atoms with Crippen LogP contribution >= 0.6 is 11.6 Å². The predicted octanol–water partition coefficient (Wildman–Crippen LogP) is 1.46. The van der Waals surface area contributed by atoms with E-state index in [1.807, 2.05) is 27.7 Å². The van der Waals surface area contributed by atoms with Gasteiger partial charge in [0.25, 0.3) is 0 Å². The highest BCUT2D eigenvalue weighted by atomic mass is 35.5. The lowest BCUT2D eigenvalue weighted by Gasteiger charge is -2.15. The molecular weight excluding hydrogens is 200 g/mol. The number of rotatable bonds is 4. The van der Waals surface area contributed by atoms with Gasteiger partial charge in [-0.05, 0) is 40.5 Å². The van der Waals surface area contributed by atoms with E-state index in [4.69, 9.17) is 28.2 Å². The zero-order valence-electron chi connectivity index (χ0n) is 9.81. The number of alkyl halides is 1. The molecule has 0 amide bonds. The van der Waals surface area contributed by atoms with Gasteiger partial charge in [-0.25, -0.2) is 0 Å². The highest BCUT2D eigenvalue weighted by molar-refractivity contribution is 6.17. The minimum atomic E-state index is -0.200. The standard InChI is InChI=1S/C5H12ClN.C5H13NO/c1-5(2,7)3-4-6;1-5(2,6)3-4-7/h3-4,7H2,1-2H3;7H,3-4,6H2,1-2H3. The molecule has 0 saturated carbocycles. The minimum Gasteiger partial charge on any atom is -0.396 e. The van der Waals surface area contributed by atoms with Gasteiger partial charge in [0.15, 0.2) is 0 Å². The van der Waals surface area contributed by atoms with Gasteiger partial charge in [-0.1, -0.05) is 0 Å². The number of hydrogen-bond acceptors (Lipinski definition) is 3. The first-order chi connectivity index (χ1) is 6.12. The van der Waals surface area contributed by atoms with Gasteiger partial charge < -0.3 is 16.6 Å². The van der Waals surface area contributed by atoms with Crippen LogP contribution in [0.5, 0.6) is 0 Å². The third-order valence-corrected chi connectivity index (χ3v) is 1.68. The second kappa shape index (κ2) is 7.46. The number of hydrogen-bond donors (Lipinski definition) is 3. The number of aliphatic hydroxyl groups is 1. The van der Waals surface area contributed by atoms with Crippen LogP contribution in [0.15, 0.2) is 0 Å². The Balaban J connectivity index is 0. The Morgan fingerprint density at radius 1 is 1.00 bits per heavy atom. The van der Waals surface area contributed by atoms with E-state index < -0.39 is 0 Å². The van der Waals surface area contributed by atoms with Crippen molar-refractivity contribution in [1.29, 1.82) is 0 Å². The summed E-state index contributed by atoms with van der Waals surface area (Å²) >= 11 is 5.41. The molecule has 0 rings (SSSR count). The molecule has 0 aromatic rings. The Bertz CT molecular complexity index is 111. The lowest BCUT2D eigenvalue weighted by atomic mass is 10.0. The van der Waals surface area contributed by atoms with Crippen molar-refractivity contribution in [2.75, 3.05) is 12.5 Å². The smallest absolute Gasteiger partial charge is 0.0448 e. The highest BCUT2D eigenvalue weighted by Gasteiger charge is 2.07. The fraction of sp³-hybridized carbons (Fsp3) is 1.00. The number of nitrogens with two attached hydrogens (primary N) is 2. The van der Waals surface area contributed by atoms with E-state index in [-0.39, 0.29) is 17.7 Å². The van der Waals surface area contributed by atoms with Crippen LogP contribution in [0, 0.1) is 0 Å². The third kappa shape index (κ3) is 22.7. The van der Waals surface area contributed by atoms with Crippen LogP contribution in [0.1, 0.15) is 40.5 Å². The highest BCUT2D eigenvalue weighted by Crippen LogP contribution is 2.03. The zero-order chi connectivity index (χ0) is 11.8. The summed E-state index contributed by atoms with van der Waals surface area (Å²) in [4.78, 5) is 0. The summed E-state index contributed by atoms with van der Waals surface area (Å²) in [6.07, 6.45) is 1.56. The van der Waals surface area contributed by atoms with E-state index >= 15 is 0 Å². The van der Waals surface area contributed by atoms with Crippen molar-refractivity contribution in [3.63, 3.8) is 0 Å². The number of aliphatic hydroxyl groups excluding tert-OH is 1. The number of halogens is 1. The normalized spacial score (nSPS) is 12.0. The predicted molar refractivity (Wildman–Crippen MR) is 63.6 cm³/mol. The molecule has 88 valence electrons. The molecule has 0 unspecified atom stereocenters. The molecule has 0 aliphatic carbocycles. The molecular formula is C10H25ClN2O. The topological polar surface area (TPSA) is 72.3 Å². The lowest BCUT2D eigenvalue weighted by molar-refractivity contribution is 0.254. The second-order valence-electron chi connectivity index (χ2n) is 4.89. The molecule has 0 aromatic heterocycles. The van der Waals surface area contributed by atoms with Crippen molar-refractivity contribution in [2.24, 2.45) is 11.5 Å². The molecule has 5 N–H and O–H groups in total. The average Bonchev–Trinajstić information content (AvgIpc) is 1.81. The first kappa shape index (κ1) is 16.6. The molecule has 0 aliphatic heterocycles. The first-order valence-electron chi connectivity index (χ1n) is 4.87. The molecule has 0 heterocycles. The Morgan fingerprint density at radius 2 is 1.36 bits per heavy atom. The summed E-state index contributed by atoms with van der Waals surface area (Å²) in [6, 6.07) is 0. The van der Waals surface area contributed by atoms with E-state index in [1.165, 1.54) is 0 Å². The van der Waals surface area contributed by atoms with Crippen LogP contribution in [-0.4, -0.2) is 28.7 Å². The van der Waals surface area contributed by atoms with E-state index in [1.54, 1.807) is 0 Å². The summed E-state index contributed by atoms with van der Waals surface area (Å²) in [7, 11) is 0. The van der Waals surface area contributed by atoms with E-state index in [0.29, 0.717) is 12.3 Å². The maximum absolute atomic E-state index is 8.32. The van der Waals surface area contributed by atoms with Gasteiger partial charge in [-0.3, -0.25) is 0 Å². The maximum atomic E-state index is 8.32. The zero-order valence-corrected chi connectivity index (χ0v) is 10.6. The summed E-state index contributed by atoms with van der Waals surface area (Å²) < 4.78 is 0. The van der Waals surface area contributed by atoms with Gasteiger partial charge in [0.05, 0.1) is 0 Å². The Morgan fingerprint density at radius 3 is 1.36 bits per heavy atom. The van der Waals surface area contributed by atoms with Crippen molar-refractivity contribution < 1.29 is 5.11 Å². The third-order valence-electron chi connectivity index (χ3n) is 1.49. The van der Waals surface area contributed by atoms with E-state index in [9.17, 15) is 0 Å². The lowest BCUT2D eigenvalue weighted by Crippen LogP contribution is -2.32. The Hall–Kier alpha value is 0.170. The first-order valence-corrected chi connectivity index (χ1v) is 5.40. The molecule has 3 nitrogen and oxygen atoms in total. The van der Waals surface area contributed by atoms with Gasteiger partial charge in [0.2, 0.25) is 0 Å². The molecule has 0 spiro atoms. The van der Waals surface area contributed by atoms with Crippen molar-refractivity contribution >= 4 is 11.6 Å².